The summed E-state index contributed by atoms with van der Waals surface area (Å²) in [7, 11) is 1.52. The fourth-order valence-electron chi connectivity index (χ4n) is 2.94. The van der Waals surface area contributed by atoms with E-state index in [0.717, 1.165) is 5.56 Å². The Morgan fingerprint density at radius 2 is 1.70 bits per heavy atom. The van der Waals surface area contributed by atoms with Gasteiger partial charge in [-0.05, 0) is 42.3 Å². The van der Waals surface area contributed by atoms with Gasteiger partial charge in [0, 0.05) is 5.56 Å². The normalized spacial score (nSPS) is 11.4. The van der Waals surface area contributed by atoms with E-state index in [2.05, 4.69) is 5.32 Å². The molecular weight excluding hydrogens is 382 g/mol. The van der Waals surface area contributed by atoms with Crippen LogP contribution in [0.15, 0.2) is 72.8 Å². The van der Waals surface area contributed by atoms with Gasteiger partial charge in [0.25, 0.3) is 5.91 Å². The molecular formula is C24H23NO5. The van der Waals surface area contributed by atoms with Gasteiger partial charge in [0.1, 0.15) is 5.75 Å². The Morgan fingerprint density at radius 1 is 1.00 bits per heavy atom. The number of anilines is 1. The second-order valence-corrected chi connectivity index (χ2v) is 6.74. The van der Waals surface area contributed by atoms with Crippen LogP contribution in [-0.4, -0.2) is 24.1 Å². The zero-order chi connectivity index (χ0) is 21.5. The molecule has 0 aliphatic rings. The van der Waals surface area contributed by atoms with E-state index in [1.807, 2.05) is 19.1 Å². The Balaban J connectivity index is 1.86. The number of hydrogen-bond acceptors (Lipinski definition) is 5. The summed E-state index contributed by atoms with van der Waals surface area (Å²) in [4.78, 5) is 25.8. The minimum Gasteiger partial charge on any atom is -0.495 e. The first-order valence-electron chi connectivity index (χ1n) is 9.43. The largest absolute Gasteiger partial charge is 0.495 e. The lowest BCUT2D eigenvalue weighted by Gasteiger charge is -2.19. The summed E-state index contributed by atoms with van der Waals surface area (Å²) in [6, 6.07) is 20.6. The Morgan fingerprint density at radius 3 is 2.33 bits per heavy atom. The van der Waals surface area contributed by atoms with Crippen LogP contribution in [0, 0.1) is 6.92 Å². The van der Waals surface area contributed by atoms with Crippen molar-refractivity contribution in [2.45, 2.75) is 19.6 Å². The SMILES string of the molecule is COc1ccc(C)cc1NC(=O)[C@H](OC(=O)c1ccc(CO)cc1)c1ccccc1. The molecule has 2 N–H and O–H groups in total. The summed E-state index contributed by atoms with van der Waals surface area (Å²) in [5, 5.41) is 12.0. The summed E-state index contributed by atoms with van der Waals surface area (Å²) in [6.07, 6.45) is -1.15. The minimum absolute atomic E-state index is 0.122. The van der Waals surface area contributed by atoms with Crippen molar-refractivity contribution in [2.24, 2.45) is 0 Å². The molecule has 0 aliphatic heterocycles. The number of hydrogen-bond donors (Lipinski definition) is 2. The van der Waals surface area contributed by atoms with Crippen LogP contribution in [0.2, 0.25) is 0 Å². The lowest BCUT2D eigenvalue weighted by Crippen LogP contribution is -2.26. The molecule has 1 amide bonds. The number of aliphatic hydroxyl groups excluding tert-OH is 1. The van der Waals surface area contributed by atoms with Crippen LogP contribution in [0.25, 0.3) is 0 Å². The van der Waals surface area contributed by atoms with Crippen LogP contribution < -0.4 is 10.1 Å². The highest BCUT2D eigenvalue weighted by molar-refractivity contribution is 5.99. The van der Waals surface area contributed by atoms with Crippen molar-refractivity contribution in [3.05, 3.63) is 95.1 Å². The molecule has 1 atom stereocenters. The highest BCUT2D eigenvalue weighted by Gasteiger charge is 2.26. The molecule has 0 saturated carbocycles. The number of rotatable bonds is 7. The third-order valence-electron chi connectivity index (χ3n) is 4.55. The van der Waals surface area contributed by atoms with Gasteiger partial charge >= 0.3 is 5.97 Å². The molecule has 0 aromatic heterocycles. The molecule has 6 nitrogen and oxygen atoms in total. The predicted octanol–water partition coefficient (Wildman–Crippen LogP) is 4.03. The van der Waals surface area contributed by atoms with Crippen molar-refractivity contribution < 1.29 is 24.2 Å². The minimum atomic E-state index is -1.15. The van der Waals surface area contributed by atoms with Gasteiger partial charge in [0.2, 0.25) is 6.10 Å². The Labute approximate surface area is 175 Å². The highest BCUT2D eigenvalue weighted by atomic mass is 16.5. The summed E-state index contributed by atoms with van der Waals surface area (Å²) < 4.78 is 10.9. The smallest absolute Gasteiger partial charge is 0.339 e. The Hall–Kier alpha value is -3.64. The number of nitrogens with one attached hydrogen (secondary N) is 1. The van der Waals surface area contributed by atoms with Crippen molar-refractivity contribution in [1.82, 2.24) is 0 Å². The number of ether oxygens (including phenoxy) is 2. The number of esters is 1. The fraction of sp³-hybridized carbons (Fsp3) is 0.167. The maximum Gasteiger partial charge on any atom is 0.339 e. The van der Waals surface area contributed by atoms with Gasteiger partial charge in [0.15, 0.2) is 0 Å². The summed E-state index contributed by atoms with van der Waals surface area (Å²) in [5.41, 5.74) is 2.95. The molecule has 0 heterocycles. The maximum atomic E-state index is 13.1. The topological polar surface area (TPSA) is 84.9 Å². The number of methoxy groups -OCH3 is 1. The van der Waals surface area contributed by atoms with Crippen LogP contribution in [0.5, 0.6) is 5.75 Å². The van der Waals surface area contributed by atoms with Crippen molar-refractivity contribution in [3.63, 3.8) is 0 Å². The van der Waals surface area contributed by atoms with Gasteiger partial charge in [-0.2, -0.15) is 0 Å². The molecule has 0 saturated heterocycles. The van der Waals surface area contributed by atoms with Crippen molar-refractivity contribution in [2.75, 3.05) is 12.4 Å². The third-order valence-corrected chi connectivity index (χ3v) is 4.55. The lowest BCUT2D eigenvalue weighted by atomic mass is 10.1. The zero-order valence-corrected chi connectivity index (χ0v) is 16.8. The standard InChI is InChI=1S/C24H23NO5/c1-16-8-13-21(29-2)20(14-16)25-23(27)22(18-6-4-3-5-7-18)30-24(28)19-11-9-17(15-26)10-12-19/h3-14,22,26H,15H2,1-2H3,(H,25,27)/t22-/m1/s1. The lowest BCUT2D eigenvalue weighted by molar-refractivity contribution is -0.125. The third kappa shape index (κ3) is 5.04. The molecule has 0 aliphatic carbocycles. The highest BCUT2D eigenvalue weighted by Crippen LogP contribution is 2.28. The van der Waals surface area contributed by atoms with Crippen LogP contribution in [0.4, 0.5) is 5.69 Å². The van der Waals surface area contributed by atoms with E-state index in [4.69, 9.17) is 14.6 Å². The molecule has 0 radical (unpaired) electrons. The molecule has 6 heteroatoms. The van der Waals surface area contributed by atoms with Gasteiger partial charge in [-0.3, -0.25) is 4.79 Å². The fourth-order valence-corrected chi connectivity index (χ4v) is 2.94. The van der Waals surface area contributed by atoms with Gasteiger partial charge in [0.05, 0.1) is 25.0 Å². The number of aryl methyl sites for hydroxylation is 1. The van der Waals surface area contributed by atoms with E-state index >= 15 is 0 Å². The molecule has 0 bridgehead atoms. The van der Waals surface area contributed by atoms with E-state index in [9.17, 15) is 9.59 Å². The monoisotopic (exact) mass is 405 g/mol. The molecule has 3 aromatic carbocycles. The average Bonchev–Trinajstić information content (AvgIpc) is 2.78. The molecule has 30 heavy (non-hydrogen) atoms. The number of carbonyl (C=O) groups is 2. The maximum absolute atomic E-state index is 13.1. The predicted molar refractivity (Wildman–Crippen MR) is 113 cm³/mol. The first-order chi connectivity index (χ1) is 14.5. The van der Waals surface area contributed by atoms with Crippen LogP contribution in [-0.2, 0) is 16.1 Å². The van der Waals surface area contributed by atoms with Crippen LogP contribution in [0.3, 0.4) is 0 Å². The van der Waals surface area contributed by atoms with Gasteiger partial charge in [-0.15, -0.1) is 0 Å². The number of aliphatic hydroxyl groups is 1. The second kappa shape index (κ2) is 9.71. The summed E-state index contributed by atoms with van der Waals surface area (Å²) in [6.45, 7) is 1.78. The molecule has 154 valence electrons. The number of amides is 1. The quantitative estimate of drug-likeness (QED) is 0.580. The van der Waals surface area contributed by atoms with E-state index in [-0.39, 0.29) is 12.2 Å². The molecule has 0 spiro atoms. The molecule has 0 fully saturated rings. The summed E-state index contributed by atoms with van der Waals surface area (Å²) in [5.74, 6) is -0.628. The van der Waals surface area contributed by atoms with Crippen molar-refractivity contribution in [1.29, 1.82) is 0 Å². The van der Waals surface area contributed by atoms with Crippen molar-refractivity contribution >= 4 is 17.6 Å². The van der Waals surface area contributed by atoms with E-state index in [1.165, 1.54) is 7.11 Å². The van der Waals surface area contributed by atoms with Gasteiger partial charge in [-0.25, -0.2) is 4.79 Å². The first kappa shape index (κ1) is 21.1. The first-order valence-corrected chi connectivity index (χ1v) is 9.43. The van der Waals surface area contributed by atoms with Crippen LogP contribution in [0.1, 0.15) is 33.2 Å². The molecule has 0 unspecified atom stereocenters. The Kier molecular flexibility index (Phi) is 6.83. The Bertz CT molecular complexity index is 1020. The van der Waals surface area contributed by atoms with Gasteiger partial charge in [-0.1, -0.05) is 48.5 Å². The van der Waals surface area contributed by atoms with Gasteiger partial charge < -0.3 is 19.9 Å². The van der Waals surface area contributed by atoms with E-state index < -0.39 is 18.0 Å². The van der Waals surface area contributed by atoms with Crippen LogP contribution >= 0.6 is 0 Å². The zero-order valence-electron chi connectivity index (χ0n) is 16.8. The second-order valence-electron chi connectivity index (χ2n) is 6.74. The average molecular weight is 405 g/mol. The summed E-state index contributed by atoms with van der Waals surface area (Å²) >= 11 is 0. The number of carbonyl (C=O) groups excluding carboxylic acids is 2. The van der Waals surface area contributed by atoms with E-state index in [0.29, 0.717) is 22.6 Å². The van der Waals surface area contributed by atoms with Crippen molar-refractivity contribution in [3.8, 4) is 5.75 Å². The number of benzene rings is 3. The molecule has 3 rings (SSSR count). The van der Waals surface area contributed by atoms with E-state index in [1.54, 1.807) is 60.7 Å². The molecule has 3 aromatic rings.